The van der Waals surface area contributed by atoms with Gasteiger partial charge in [-0.3, -0.25) is 9.36 Å². The fraction of sp³-hybridized carbons (Fsp3) is 0.400. The minimum atomic E-state index is -0.796. The molecule has 0 spiro atoms. The number of halogens is 2. The molecule has 1 atom stereocenters. The van der Waals surface area contributed by atoms with E-state index in [0.29, 0.717) is 17.1 Å². The van der Waals surface area contributed by atoms with E-state index in [-0.39, 0.29) is 5.82 Å². The van der Waals surface area contributed by atoms with Crippen LogP contribution in [-0.2, 0) is 20.0 Å². The number of aliphatic hydroxyl groups is 1. The van der Waals surface area contributed by atoms with Gasteiger partial charge in [-0.1, -0.05) is 11.6 Å². The van der Waals surface area contributed by atoms with E-state index in [9.17, 15) is 9.50 Å². The summed E-state index contributed by atoms with van der Waals surface area (Å²) in [6.07, 6.45) is 6.22. The zero-order valence-corrected chi connectivity index (χ0v) is 16.1. The Bertz CT molecular complexity index is 975. The summed E-state index contributed by atoms with van der Waals surface area (Å²) in [5.74, 6) is 0.340. The minimum Gasteiger partial charge on any atom is -0.389 e. The molecular weight excluding hydrogens is 367 g/mol. The van der Waals surface area contributed by atoms with Crippen LogP contribution in [0.5, 0.6) is 0 Å². The lowest BCUT2D eigenvalue weighted by Gasteiger charge is -2.12. The lowest BCUT2D eigenvalue weighted by atomic mass is 9.96. The Kier molecular flexibility index (Phi) is 4.78. The molecule has 1 N–H and O–H groups in total. The van der Waals surface area contributed by atoms with E-state index in [1.165, 1.54) is 25.0 Å². The van der Waals surface area contributed by atoms with Crippen molar-refractivity contribution in [3.05, 3.63) is 58.3 Å². The molecule has 0 saturated heterocycles. The van der Waals surface area contributed by atoms with Crippen LogP contribution in [0.2, 0.25) is 5.15 Å². The van der Waals surface area contributed by atoms with Gasteiger partial charge in [0.1, 0.15) is 5.82 Å². The Balaban J connectivity index is 1.69. The fourth-order valence-corrected chi connectivity index (χ4v) is 3.62. The van der Waals surface area contributed by atoms with Crippen molar-refractivity contribution in [2.75, 3.05) is 0 Å². The SMILES string of the molecule is C[C@@H](O)c1cc(F)ccc1-c1nn(C)cc1Cc1cn(CC2CC2)nc1Cl. The summed E-state index contributed by atoms with van der Waals surface area (Å²) in [4.78, 5) is 0. The maximum Gasteiger partial charge on any atom is 0.154 e. The minimum absolute atomic E-state index is 0.378. The highest BCUT2D eigenvalue weighted by molar-refractivity contribution is 6.30. The van der Waals surface area contributed by atoms with Crippen LogP contribution in [0.25, 0.3) is 11.3 Å². The molecule has 1 aromatic carbocycles. The lowest BCUT2D eigenvalue weighted by Crippen LogP contribution is -2.00. The first kappa shape index (κ1) is 18.2. The number of hydrogen-bond donors (Lipinski definition) is 1. The third kappa shape index (κ3) is 3.92. The van der Waals surface area contributed by atoms with Crippen LogP contribution < -0.4 is 0 Å². The molecule has 7 heteroatoms. The average Bonchev–Trinajstić information content (AvgIpc) is 3.25. The molecule has 0 aliphatic heterocycles. The van der Waals surface area contributed by atoms with Crippen LogP contribution in [-0.4, -0.2) is 24.7 Å². The molecule has 3 aromatic rings. The van der Waals surface area contributed by atoms with E-state index in [1.807, 2.05) is 24.1 Å². The second kappa shape index (κ2) is 7.09. The van der Waals surface area contributed by atoms with Gasteiger partial charge in [-0.05, 0) is 49.4 Å². The molecule has 1 aliphatic rings. The number of aliphatic hydroxyl groups excluding tert-OH is 1. The highest BCUT2D eigenvalue weighted by atomic mass is 35.5. The molecule has 0 radical (unpaired) electrons. The first-order chi connectivity index (χ1) is 12.9. The number of rotatable bonds is 6. The normalized spacial score (nSPS) is 15.3. The van der Waals surface area contributed by atoms with E-state index >= 15 is 0 Å². The van der Waals surface area contributed by atoms with E-state index in [2.05, 4.69) is 10.2 Å². The smallest absolute Gasteiger partial charge is 0.154 e. The largest absolute Gasteiger partial charge is 0.389 e. The molecule has 0 amide bonds. The molecule has 1 fully saturated rings. The average molecular weight is 389 g/mol. The summed E-state index contributed by atoms with van der Waals surface area (Å²) < 4.78 is 17.3. The first-order valence-electron chi connectivity index (χ1n) is 9.13. The molecule has 142 valence electrons. The number of aryl methyl sites for hydroxylation is 1. The van der Waals surface area contributed by atoms with Crippen molar-refractivity contribution in [3.63, 3.8) is 0 Å². The summed E-state index contributed by atoms with van der Waals surface area (Å²) in [6, 6.07) is 4.42. The van der Waals surface area contributed by atoms with Crippen molar-refractivity contribution in [2.45, 2.75) is 38.8 Å². The molecule has 1 aliphatic carbocycles. The zero-order chi connectivity index (χ0) is 19.1. The molecule has 2 aromatic heterocycles. The van der Waals surface area contributed by atoms with Crippen LogP contribution in [0.4, 0.5) is 4.39 Å². The van der Waals surface area contributed by atoms with Gasteiger partial charge in [-0.2, -0.15) is 10.2 Å². The van der Waals surface area contributed by atoms with E-state index in [4.69, 9.17) is 11.6 Å². The zero-order valence-electron chi connectivity index (χ0n) is 15.4. The number of hydrogen-bond acceptors (Lipinski definition) is 3. The third-order valence-electron chi connectivity index (χ3n) is 4.93. The second-order valence-corrected chi connectivity index (χ2v) is 7.73. The maximum absolute atomic E-state index is 13.7. The highest BCUT2D eigenvalue weighted by Gasteiger charge is 2.23. The van der Waals surface area contributed by atoms with Gasteiger partial charge in [0.2, 0.25) is 0 Å². The summed E-state index contributed by atoms with van der Waals surface area (Å²) in [5, 5.41) is 19.6. The van der Waals surface area contributed by atoms with E-state index in [1.54, 1.807) is 17.7 Å². The van der Waals surface area contributed by atoms with Gasteiger partial charge >= 0.3 is 0 Å². The van der Waals surface area contributed by atoms with Crippen LogP contribution in [0.3, 0.4) is 0 Å². The highest BCUT2D eigenvalue weighted by Crippen LogP contribution is 2.33. The molecule has 0 bridgehead atoms. The Morgan fingerprint density at radius 2 is 2.04 bits per heavy atom. The van der Waals surface area contributed by atoms with Crippen molar-refractivity contribution in [3.8, 4) is 11.3 Å². The van der Waals surface area contributed by atoms with Crippen molar-refractivity contribution < 1.29 is 9.50 Å². The topological polar surface area (TPSA) is 55.9 Å². The second-order valence-electron chi connectivity index (χ2n) is 7.37. The summed E-state index contributed by atoms with van der Waals surface area (Å²) >= 11 is 6.36. The molecule has 4 rings (SSSR count). The van der Waals surface area contributed by atoms with E-state index in [0.717, 1.165) is 34.8 Å². The molecular formula is C20H22ClFN4O. The quantitative estimate of drug-likeness (QED) is 0.690. The van der Waals surface area contributed by atoms with E-state index < -0.39 is 6.10 Å². The molecule has 5 nitrogen and oxygen atoms in total. The Morgan fingerprint density at radius 3 is 2.74 bits per heavy atom. The Hall–Kier alpha value is -2.18. The van der Waals surface area contributed by atoms with Gasteiger partial charge in [0, 0.05) is 49.1 Å². The number of benzene rings is 1. The van der Waals surface area contributed by atoms with Crippen LogP contribution in [0, 0.1) is 11.7 Å². The van der Waals surface area contributed by atoms with Gasteiger partial charge in [-0.25, -0.2) is 4.39 Å². The number of nitrogens with zero attached hydrogens (tertiary/aromatic N) is 4. The standard InChI is InChI=1S/C20H22ClFN4O/c1-12(27)18-8-16(22)5-6-17(18)19-14(10-25(2)23-19)7-15-11-26(24-20(15)21)9-13-3-4-13/h5-6,8,10-13,27H,3-4,7,9H2,1-2H3/t12-/m1/s1. The van der Waals surface area contributed by atoms with Crippen molar-refractivity contribution in [2.24, 2.45) is 13.0 Å². The monoisotopic (exact) mass is 388 g/mol. The predicted molar refractivity (Wildman–Crippen MR) is 102 cm³/mol. The van der Waals surface area contributed by atoms with Gasteiger partial charge < -0.3 is 5.11 Å². The molecule has 2 heterocycles. The summed E-state index contributed by atoms with van der Waals surface area (Å²) in [6.45, 7) is 2.53. The number of aromatic nitrogens is 4. The fourth-order valence-electron chi connectivity index (χ4n) is 3.41. The van der Waals surface area contributed by atoms with Gasteiger partial charge in [0.15, 0.2) is 5.15 Å². The predicted octanol–water partition coefficient (Wildman–Crippen LogP) is 4.13. The van der Waals surface area contributed by atoms with Crippen LogP contribution in [0.15, 0.2) is 30.6 Å². The Morgan fingerprint density at radius 1 is 1.26 bits per heavy atom. The lowest BCUT2D eigenvalue weighted by molar-refractivity contribution is 0.199. The maximum atomic E-state index is 13.7. The van der Waals surface area contributed by atoms with Gasteiger partial charge in [0.25, 0.3) is 0 Å². The van der Waals surface area contributed by atoms with Gasteiger partial charge in [-0.15, -0.1) is 0 Å². The molecule has 1 saturated carbocycles. The van der Waals surface area contributed by atoms with Crippen molar-refractivity contribution >= 4 is 11.6 Å². The van der Waals surface area contributed by atoms with Crippen molar-refractivity contribution in [1.29, 1.82) is 0 Å². The molecule has 0 unspecified atom stereocenters. The molecule has 27 heavy (non-hydrogen) atoms. The van der Waals surface area contributed by atoms with Gasteiger partial charge in [0.05, 0.1) is 11.8 Å². The third-order valence-corrected chi connectivity index (χ3v) is 5.25. The Labute approximate surface area is 162 Å². The van der Waals surface area contributed by atoms with Crippen molar-refractivity contribution in [1.82, 2.24) is 19.6 Å². The van der Waals surface area contributed by atoms with Crippen LogP contribution >= 0.6 is 11.6 Å². The summed E-state index contributed by atoms with van der Waals surface area (Å²) in [7, 11) is 1.84. The van der Waals surface area contributed by atoms with Crippen LogP contribution in [0.1, 0.15) is 42.6 Å². The summed E-state index contributed by atoms with van der Waals surface area (Å²) in [5.41, 5.74) is 3.86. The first-order valence-corrected chi connectivity index (χ1v) is 9.50.